The number of fused-ring (bicyclic) bond motifs is 1. The third kappa shape index (κ3) is 2.44. The molecule has 0 spiro atoms. The lowest BCUT2D eigenvalue weighted by Crippen LogP contribution is -2.01. The van der Waals surface area contributed by atoms with E-state index in [1.54, 1.807) is 18.2 Å². The average molecular weight is 234 g/mol. The molecule has 2 rings (SSSR count). The zero-order valence-corrected chi connectivity index (χ0v) is 9.35. The Balaban J connectivity index is 2.37. The Bertz CT molecular complexity index is 582. The minimum absolute atomic E-state index is 0.349. The summed E-state index contributed by atoms with van der Waals surface area (Å²) in [4.78, 5) is 21.6. The molecule has 88 valence electrons. The van der Waals surface area contributed by atoms with E-state index in [0.717, 1.165) is 0 Å². The van der Waals surface area contributed by atoms with Crippen molar-refractivity contribution < 1.29 is 23.5 Å². The molecule has 0 bridgehead atoms. The number of hydrogen-bond acceptors (Lipinski definition) is 5. The molecule has 5 nitrogen and oxygen atoms in total. The van der Waals surface area contributed by atoms with Crippen LogP contribution in [0.15, 0.2) is 28.9 Å². The van der Waals surface area contributed by atoms with Crippen LogP contribution in [0.3, 0.4) is 0 Å². The molecular weight excluding hydrogens is 224 g/mol. The standard InChI is InChI=1S/C12H10O5/c1-7(13)16-9-3-4-10-11(5-9)15-6-12(10)17-8(2)14/h3-6H,1-2H3. The highest BCUT2D eigenvalue weighted by Gasteiger charge is 2.10. The van der Waals surface area contributed by atoms with Gasteiger partial charge in [0.15, 0.2) is 5.75 Å². The van der Waals surface area contributed by atoms with Crippen LogP contribution in [0.1, 0.15) is 13.8 Å². The summed E-state index contributed by atoms with van der Waals surface area (Å²) < 4.78 is 15.1. The third-order valence-corrected chi connectivity index (χ3v) is 2.03. The fourth-order valence-electron chi connectivity index (χ4n) is 1.45. The SMILES string of the molecule is CC(=O)Oc1ccc2c(OC(C)=O)coc2c1. The minimum Gasteiger partial charge on any atom is -0.460 e. The fourth-order valence-corrected chi connectivity index (χ4v) is 1.45. The molecule has 0 aliphatic rings. The van der Waals surface area contributed by atoms with Crippen LogP contribution < -0.4 is 9.47 Å². The van der Waals surface area contributed by atoms with E-state index in [2.05, 4.69) is 0 Å². The van der Waals surface area contributed by atoms with Gasteiger partial charge in [0.05, 0.1) is 5.39 Å². The quantitative estimate of drug-likeness (QED) is 0.589. The van der Waals surface area contributed by atoms with E-state index in [4.69, 9.17) is 13.9 Å². The highest BCUT2D eigenvalue weighted by molar-refractivity contribution is 5.88. The molecular formula is C12H10O5. The predicted octanol–water partition coefficient (Wildman–Crippen LogP) is 2.28. The van der Waals surface area contributed by atoms with Gasteiger partial charge >= 0.3 is 11.9 Å². The summed E-state index contributed by atoms with van der Waals surface area (Å²) in [6.07, 6.45) is 1.34. The second kappa shape index (κ2) is 4.29. The van der Waals surface area contributed by atoms with Gasteiger partial charge in [-0.1, -0.05) is 0 Å². The van der Waals surface area contributed by atoms with Crippen LogP contribution in [-0.2, 0) is 9.59 Å². The number of rotatable bonds is 2. The molecule has 5 heteroatoms. The molecule has 1 heterocycles. The fraction of sp³-hybridized carbons (Fsp3) is 0.167. The van der Waals surface area contributed by atoms with Gasteiger partial charge in [-0.15, -0.1) is 0 Å². The van der Waals surface area contributed by atoms with Crippen LogP contribution in [0.5, 0.6) is 11.5 Å². The first-order valence-electron chi connectivity index (χ1n) is 4.94. The number of hydrogen-bond donors (Lipinski definition) is 0. The van der Waals surface area contributed by atoms with Crippen LogP contribution in [0.25, 0.3) is 11.0 Å². The Kier molecular flexibility index (Phi) is 2.82. The molecule has 2 aromatic rings. The van der Waals surface area contributed by atoms with Crippen molar-refractivity contribution in [3.05, 3.63) is 24.5 Å². The Morgan fingerprint density at radius 3 is 2.47 bits per heavy atom. The Labute approximate surface area is 96.9 Å². The summed E-state index contributed by atoms with van der Waals surface area (Å²) >= 11 is 0. The molecule has 17 heavy (non-hydrogen) atoms. The highest BCUT2D eigenvalue weighted by Crippen LogP contribution is 2.30. The summed E-state index contributed by atoms with van der Waals surface area (Å²) in [7, 11) is 0. The third-order valence-electron chi connectivity index (χ3n) is 2.03. The average Bonchev–Trinajstić information content (AvgIpc) is 2.59. The first kappa shape index (κ1) is 11.2. The lowest BCUT2D eigenvalue weighted by molar-refractivity contribution is -0.132. The maximum atomic E-state index is 10.8. The van der Waals surface area contributed by atoms with Gasteiger partial charge < -0.3 is 13.9 Å². The van der Waals surface area contributed by atoms with E-state index >= 15 is 0 Å². The number of benzene rings is 1. The summed E-state index contributed by atoms with van der Waals surface area (Å²) in [5.74, 6) is -0.0940. The number of esters is 2. The topological polar surface area (TPSA) is 65.7 Å². The van der Waals surface area contributed by atoms with E-state index in [0.29, 0.717) is 22.5 Å². The second-order valence-electron chi connectivity index (χ2n) is 3.45. The molecule has 0 aliphatic heterocycles. The van der Waals surface area contributed by atoms with Gasteiger partial charge in [0.25, 0.3) is 0 Å². The van der Waals surface area contributed by atoms with Gasteiger partial charge in [-0.2, -0.15) is 0 Å². The van der Waals surface area contributed by atoms with Crippen molar-refractivity contribution in [1.82, 2.24) is 0 Å². The van der Waals surface area contributed by atoms with Gasteiger partial charge in [-0.25, -0.2) is 0 Å². The van der Waals surface area contributed by atoms with E-state index in [1.807, 2.05) is 0 Å². The van der Waals surface area contributed by atoms with E-state index in [-0.39, 0.29) is 0 Å². The number of ether oxygens (including phenoxy) is 2. The molecule has 1 aromatic carbocycles. The molecule has 0 unspecified atom stereocenters. The number of carbonyl (C=O) groups is 2. The normalized spacial score (nSPS) is 10.2. The molecule has 0 radical (unpaired) electrons. The maximum Gasteiger partial charge on any atom is 0.308 e. The Hall–Kier alpha value is -2.30. The summed E-state index contributed by atoms with van der Waals surface area (Å²) in [5.41, 5.74) is 0.486. The molecule has 0 aliphatic carbocycles. The molecule has 0 N–H and O–H groups in total. The van der Waals surface area contributed by atoms with Gasteiger partial charge in [0.2, 0.25) is 0 Å². The smallest absolute Gasteiger partial charge is 0.308 e. The summed E-state index contributed by atoms with van der Waals surface area (Å²) in [6, 6.07) is 4.82. The molecule has 0 fully saturated rings. The lowest BCUT2D eigenvalue weighted by atomic mass is 10.2. The lowest BCUT2D eigenvalue weighted by Gasteiger charge is -2.00. The first-order valence-corrected chi connectivity index (χ1v) is 4.94. The Morgan fingerprint density at radius 2 is 1.82 bits per heavy atom. The van der Waals surface area contributed by atoms with Crippen LogP contribution in [0, 0.1) is 0 Å². The summed E-state index contributed by atoms with van der Waals surface area (Å²) in [5, 5.41) is 0.649. The van der Waals surface area contributed by atoms with Crippen LogP contribution >= 0.6 is 0 Å². The zero-order valence-electron chi connectivity index (χ0n) is 9.35. The molecule has 0 saturated carbocycles. The van der Waals surface area contributed by atoms with Crippen molar-refractivity contribution in [2.45, 2.75) is 13.8 Å². The molecule has 0 amide bonds. The summed E-state index contributed by atoms with van der Waals surface area (Å²) in [6.45, 7) is 2.63. The van der Waals surface area contributed by atoms with Crippen LogP contribution in [0.2, 0.25) is 0 Å². The van der Waals surface area contributed by atoms with Crippen molar-refractivity contribution in [3.63, 3.8) is 0 Å². The van der Waals surface area contributed by atoms with Gasteiger partial charge in [-0.05, 0) is 12.1 Å². The van der Waals surface area contributed by atoms with Gasteiger partial charge in [0.1, 0.15) is 17.6 Å². The van der Waals surface area contributed by atoms with Crippen molar-refractivity contribution in [2.75, 3.05) is 0 Å². The first-order chi connectivity index (χ1) is 8.06. The number of furan rings is 1. The predicted molar refractivity (Wildman–Crippen MR) is 58.8 cm³/mol. The van der Waals surface area contributed by atoms with Gasteiger partial charge in [-0.3, -0.25) is 9.59 Å². The molecule has 0 saturated heterocycles. The van der Waals surface area contributed by atoms with Crippen LogP contribution in [-0.4, -0.2) is 11.9 Å². The minimum atomic E-state index is -0.420. The van der Waals surface area contributed by atoms with E-state index in [9.17, 15) is 9.59 Å². The Morgan fingerprint density at radius 1 is 1.12 bits per heavy atom. The van der Waals surface area contributed by atoms with Crippen molar-refractivity contribution in [3.8, 4) is 11.5 Å². The van der Waals surface area contributed by atoms with E-state index in [1.165, 1.54) is 20.1 Å². The molecule has 0 atom stereocenters. The largest absolute Gasteiger partial charge is 0.460 e. The second-order valence-corrected chi connectivity index (χ2v) is 3.45. The number of carbonyl (C=O) groups excluding carboxylic acids is 2. The van der Waals surface area contributed by atoms with Gasteiger partial charge in [0, 0.05) is 19.9 Å². The van der Waals surface area contributed by atoms with Crippen molar-refractivity contribution in [2.24, 2.45) is 0 Å². The highest BCUT2D eigenvalue weighted by atomic mass is 16.5. The van der Waals surface area contributed by atoms with Crippen molar-refractivity contribution in [1.29, 1.82) is 0 Å². The van der Waals surface area contributed by atoms with E-state index < -0.39 is 11.9 Å². The maximum absolute atomic E-state index is 10.8. The van der Waals surface area contributed by atoms with Crippen LogP contribution in [0.4, 0.5) is 0 Å². The monoisotopic (exact) mass is 234 g/mol. The zero-order chi connectivity index (χ0) is 12.4. The van der Waals surface area contributed by atoms with Crippen molar-refractivity contribution >= 4 is 22.9 Å². The molecule has 1 aromatic heterocycles.